The number of nitro groups is 1. The zero-order valence-electron chi connectivity index (χ0n) is 9.18. The fourth-order valence-electron chi connectivity index (χ4n) is 1.51. The van der Waals surface area contributed by atoms with E-state index in [9.17, 15) is 10.1 Å². The molecule has 0 radical (unpaired) electrons. The predicted octanol–water partition coefficient (Wildman–Crippen LogP) is 1.76. The first kappa shape index (κ1) is 11.8. The van der Waals surface area contributed by atoms with Gasteiger partial charge in [0, 0.05) is 18.0 Å². The molecule has 1 fully saturated rings. The third-order valence-electron chi connectivity index (χ3n) is 2.29. The van der Waals surface area contributed by atoms with Gasteiger partial charge in [-0.15, -0.1) is 0 Å². The van der Waals surface area contributed by atoms with Crippen LogP contribution in [0, 0.1) is 10.1 Å². The highest BCUT2D eigenvalue weighted by Gasteiger charge is 2.21. The maximum Gasteiger partial charge on any atom is 0.347 e. The van der Waals surface area contributed by atoms with Gasteiger partial charge >= 0.3 is 5.03 Å². The Labute approximate surface area is 103 Å². The number of hydrogen-bond acceptors (Lipinski definition) is 5. The maximum absolute atomic E-state index is 11.0. The van der Waals surface area contributed by atoms with Crippen molar-refractivity contribution < 1.29 is 4.92 Å². The first-order valence-electron chi connectivity index (χ1n) is 5.36. The first-order valence-corrected chi connectivity index (χ1v) is 6.18. The first-order chi connectivity index (χ1) is 8.27. The minimum Gasteiger partial charge on any atom is -0.366 e. The second kappa shape index (κ2) is 5.58. The van der Waals surface area contributed by atoms with E-state index in [0.29, 0.717) is 5.82 Å². The van der Waals surface area contributed by atoms with Gasteiger partial charge in [0.05, 0.1) is 4.92 Å². The van der Waals surface area contributed by atoms with Crippen LogP contribution in [-0.2, 0) is 0 Å². The standard InChI is InChI=1S/C11H13N3O2S/c15-14(16)11(10-12-7-4-8-13-10)17-9-5-2-1-3-6-9/h1-3,5-6,12-13H,4,7-8H2. The summed E-state index contributed by atoms with van der Waals surface area (Å²) in [5.74, 6) is 0.523. The third-order valence-corrected chi connectivity index (χ3v) is 3.35. The van der Waals surface area contributed by atoms with Crippen LogP contribution in [0.1, 0.15) is 6.42 Å². The van der Waals surface area contributed by atoms with Crippen molar-refractivity contribution in [1.82, 2.24) is 10.6 Å². The van der Waals surface area contributed by atoms with E-state index >= 15 is 0 Å². The van der Waals surface area contributed by atoms with Crippen LogP contribution < -0.4 is 10.6 Å². The Morgan fingerprint density at radius 1 is 1.24 bits per heavy atom. The molecule has 1 aromatic carbocycles. The molecule has 0 amide bonds. The lowest BCUT2D eigenvalue weighted by molar-refractivity contribution is -0.412. The number of rotatable bonds is 3. The minimum absolute atomic E-state index is 0.121. The second-order valence-electron chi connectivity index (χ2n) is 3.56. The largest absolute Gasteiger partial charge is 0.366 e. The lowest BCUT2D eigenvalue weighted by Gasteiger charge is -2.18. The topological polar surface area (TPSA) is 67.2 Å². The summed E-state index contributed by atoms with van der Waals surface area (Å²) in [4.78, 5) is 11.6. The predicted molar refractivity (Wildman–Crippen MR) is 66.9 cm³/mol. The molecule has 0 aliphatic carbocycles. The molecule has 1 aliphatic heterocycles. The Morgan fingerprint density at radius 2 is 1.88 bits per heavy atom. The molecule has 1 saturated heterocycles. The normalized spacial score (nSPS) is 14.7. The van der Waals surface area contributed by atoms with E-state index in [2.05, 4.69) is 10.6 Å². The molecule has 6 heteroatoms. The quantitative estimate of drug-likeness (QED) is 0.487. The van der Waals surface area contributed by atoms with E-state index in [-0.39, 0.29) is 9.95 Å². The van der Waals surface area contributed by atoms with Crippen molar-refractivity contribution in [1.29, 1.82) is 0 Å². The molecule has 5 nitrogen and oxygen atoms in total. The molecular formula is C11H13N3O2S. The fourth-order valence-corrected chi connectivity index (χ4v) is 2.35. The monoisotopic (exact) mass is 251 g/mol. The third kappa shape index (κ3) is 3.13. The second-order valence-corrected chi connectivity index (χ2v) is 4.62. The summed E-state index contributed by atoms with van der Waals surface area (Å²) < 4.78 is 0. The SMILES string of the molecule is O=[N+]([O-])C(Sc1ccccc1)=C1NCCCN1. The molecule has 0 aromatic heterocycles. The summed E-state index contributed by atoms with van der Waals surface area (Å²) in [6, 6.07) is 9.34. The van der Waals surface area contributed by atoms with Crippen LogP contribution in [-0.4, -0.2) is 18.0 Å². The Balaban J connectivity index is 2.21. The Morgan fingerprint density at radius 3 is 2.47 bits per heavy atom. The molecule has 0 unspecified atom stereocenters. The maximum atomic E-state index is 11.0. The van der Waals surface area contributed by atoms with E-state index < -0.39 is 0 Å². The van der Waals surface area contributed by atoms with Crippen molar-refractivity contribution >= 4 is 11.8 Å². The molecule has 1 aliphatic rings. The molecular weight excluding hydrogens is 238 g/mol. The van der Waals surface area contributed by atoms with Crippen LogP contribution in [0.3, 0.4) is 0 Å². The number of nitrogens with one attached hydrogen (secondary N) is 2. The van der Waals surface area contributed by atoms with Gasteiger partial charge in [0.25, 0.3) is 0 Å². The molecule has 1 heterocycles. The van der Waals surface area contributed by atoms with Gasteiger partial charge in [-0.3, -0.25) is 10.1 Å². The molecule has 0 saturated carbocycles. The van der Waals surface area contributed by atoms with Crippen LogP contribution in [0.15, 0.2) is 46.1 Å². The highest BCUT2D eigenvalue weighted by molar-refractivity contribution is 8.02. The average Bonchev–Trinajstić information content (AvgIpc) is 2.38. The summed E-state index contributed by atoms with van der Waals surface area (Å²) in [6.45, 7) is 1.55. The lowest BCUT2D eigenvalue weighted by Crippen LogP contribution is -2.36. The molecule has 0 bridgehead atoms. The molecule has 17 heavy (non-hydrogen) atoms. The van der Waals surface area contributed by atoms with Gasteiger partial charge in [0.2, 0.25) is 0 Å². The van der Waals surface area contributed by atoms with E-state index in [1.54, 1.807) is 0 Å². The Hall–Kier alpha value is -1.69. The van der Waals surface area contributed by atoms with Crippen LogP contribution in [0.5, 0.6) is 0 Å². The minimum atomic E-state index is -0.349. The molecule has 1 aromatic rings. The smallest absolute Gasteiger partial charge is 0.347 e. The van der Waals surface area contributed by atoms with Crippen molar-refractivity contribution in [2.75, 3.05) is 13.1 Å². The van der Waals surface area contributed by atoms with Gasteiger partial charge in [-0.1, -0.05) is 18.2 Å². The van der Waals surface area contributed by atoms with Crippen molar-refractivity contribution in [3.05, 3.63) is 51.3 Å². The van der Waals surface area contributed by atoms with Crippen molar-refractivity contribution in [2.45, 2.75) is 11.3 Å². The van der Waals surface area contributed by atoms with Crippen LogP contribution >= 0.6 is 11.8 Å². The molecule has 2 rings (SSSR count). The number of hydrogen-bond donors (Lipinski definition) is 2. The molecule has 2 N–H and O–H groups in total. The zero-order chi connectivity index (χ0) is 12.1. The Kier molecular flexibility index (Phi) is 3.87. The average molecular weight is 251 g/mol. The number of nitrogens with zero attached hydrogens (tertiary/aromatic N) is 1. The highest BCUT2D eigenvalue weighted by Crippen LogP contribution is 2.28. The van der Waals surface area contributed by atoms with E-state index in [4.69, 9.17) is 0 Å². The van der Waals surface area contributed by atoms with Crippen LogP contribution in [0.25, 0.3) is 0 Å². The van der Waals surface area contributed by atoms with Crippen LogP contribution in [0.2, 0.25) is 0 Å². The summed E-state index contributed by atoms with van der Waals surface area (Å²) in [5.41, 5.74) is 0. The Bertz CT molecular complexity index is 426. The van der Waals surface area contributed by atoms with Crippen molar-refractivity contribution in [3.63, 3.8) is 0 Å². The summed E-state index contributed by atoms with van der Waals surface area (Å²) >= 11 is 1.16. The summed E-state index contributed by atoms with van der Waals surface area (Å²) in [6.07, 6.45) is 0.977. The van der Waals surface area contributed by atoms with E-state index in [1.807, 2.05) is 30.3 Å². The molecule has 90 valence electrons. The zero-order valence-corrected chi connectivity index (χ0v) is 10.00. The number of thioether (sulfide) groups is 1. The molecule has 0 spiro atoms. The molecule has 0 atom stereocenters. The van der Waals surface area contributed by atoms with Crippen molar-refractivity contribution in [2.24, 2.45) is 0 Å². The summed E-state index contributed by atoms with van der Waals surface area (Å²) in [5, 5.41) is 17.2. The van der Waals surface area contributed by atoms with Gasteiger partial charge < -0.3 is 10.6 Å². The van der Waals surface area contributed by atoms with E-state index in [1.165, 1.54) is 0 Å². The number of benzene rings is 1. The highest BCUT2D eigenvalue weighted by atomic mass is 32.2. The van der Waals surface area contributed by atoms with Gasteiger partial charge in [-0.2, -0.15) is 0 Å². The van der Waals surface area contributed by atoms with Crippen LogP contribution in [0.4, 0.5) is 0 Å². The van der Waals surface area contributed by atoms with Gasteiger partial charge in [-0.25, -0.2) is 0 Å². The lowest BCUT2D eigenvalue weighted by atomic mass is 10.3. The van der Waals surface area contributed by atoms with E-state index in [0.717, 1.165) is 36.2 Å². The van der Waals surface area contributed by atoms with Gasteiger partial charge in [-0.05, 0) is 30.3 Å². The van der Waals surface area contributed by atoms with Crippen molar-refractivity contribution in [3.8, 4) is 0 Å². The summed E-state index contributed by atoms with van der Waals surface area (Å²) in [7, 11) is 0. The fraction of sp³-hybridized carbons (Fsp3) is 0.273. The van der Waals surface area contributed by atoms with Gasteiger partial charge in [0.15, 0.2) is 5.82 Å². The van der Waals surface area contributed by atoms with Gasteiger partial charge in [0.1, 0.15) is 0 Å².